The summed E-state index contributed by atoms with van der Waals surface area (Å²) in [6.07, 6.45) is 2.05. The first-order chi connectivity index (χ1) is 10.6. The molecule has 0 aliphatic rings. The number of hydrogen-bond donors (Lipinski definition) is 0. The lowest BCUT2D eigenvalue weighted by molar-refractivity contribution is -0.139. The zero-order valence-electron chi connectivity index (χ0n) is 13.0. The van der Waals surface area contributed by atoms with Gasteiger partial charge < -0.3 is 9.59 Å². The highest BCUT2D eigenvalue weighted by molar-refractivity contribution is 6.39. The molecule has 0 fully saturated rings. The molecule has 0 radical (unpaired) electrons. The van der Waals surface area contributed by atoms with Crippen LogP contribution in [0, 0.1) is 11.8 Å². The van der Waals surface area contributed by atoms with Crippen LogP contribution in [0.3, 0.4) is 0 Å². The predicted molar refractivity (Wildman–Crippen MR) is 83.5 cm³/mol. The summed E-state index contributed by atoms with van der Waals surface area (Å²) in [4.78, 5) is 46.2. The fraction of sp³-hybridized carbons (Fsp3) is 0.444. The number of hydrogen-bond acceptors (Lipinski definition) is 4. The highest BCUT2D eigenvalue weighted by Gasteiger charge is 2.35. The maximum absolute atomic E-state index is 12.6. The molecule has 4 nitrogen and oxygen atoms in total. The van der Waals surface area contributed by atoms with Gasteiger partial charge in [-0.05, 0) is 11.5 Å². The molecule has 0 aromatic heterocycles. The molecule has 0 aliphatic carbocycles. The van der Waals surface area contributed by atoms with Crippen molar-refractivity contribution >= 4 is 24.1 Å². The summed E-state index contributed by atoms with van der Waals surface area (Å²) in [6, 6.07) is 9.06. The quantitative estimate of drug-likeness (QED) is 0.492. The number of aldehydes is 2. The summed E-state index contributed by atoms with van der Waals surface area (Å²) >= 11 is 0. The lowest BCUT2D eigenvalue weighted by Gasteiger charge is -2.27. The summed E-state index contributed by atoms with van der Waals surface area (Å²) in [6.45, 7) is 3.67. The van der Waals surface area contributed by atoms with Crippen LogP contribution < -0.4 is 0 Å². The van der Waals surface area contributed by atoms with E-state index in [0.717, 1.165) is 11.8 Å². The number of carbonyl (C=O) groups excluding carboxylic acids is 4. The van der Waals surface area contributed by atoms with Crippen LogP contribution in [-0.2, 0) is 19.2 Å². The molecule has 0 saturated carbocycles. The van der Waals surface area contributed by atoms with Crippen molar-refractivity contribution in [3.8, 4) is 0 Å². The number of ketones is 2. The number of Topliss-reactive ketones (excluding diaryl/α,β-unsaturated/α-hetero) is 2. The summed E-state index contributed by atoms with van der Waals surface area (Å²) in [5.41, 5.74) is 0.743. The SMILES string of the molecule is CCC(C(C)C=O)C(C(=O)C(=O)CCC=O)c1ccccc1. The summed E-state index contributed by atoms with van der Waals surface area (Å²) in [7, 11) is 0. The van der Waals surface area contributed by atoms with Gasteiger partial charge in [0.1, 0.15) is 12.6 Å². The van der Waals surface area contributed by atoms with Gasteiger partial charge in [0.15, 0.2) is 5.78 Å². The Hall–Kier alpha value is -2.10. The molecule has 3 unspecified atom stereocenters. The van der Waals surface area contributed by atoms with Crippen LogP contribution in [0.1, 0.15) is 44.6 Å². The van der Waals surface area contributed by atoms with E-state index in [1.54, 1.807) is 19.1 Å². The largest absolute Gasteiger partial charge is 0.303 e. The minimum absolute atomic E-state index is 0.0477. The van der Waals surface area contributed by atoms with E-state index < -0.39 is 17.5 Å². The molecule has 0 aliphatic heterocycles. The molecule has 1 aromatic carbocycles. The van der Waals surface area contributed by atoms with E-state index in [1.807, 2.05) is 25.1 Å². The van der Waals surface area contributed by atoms with Gasteiger partial charge in [0, 0.05) is 18.8 Å². The molecule has 0 saturated heterocycles. The van der Waals surface area contributed by atoms with E-state index in [0.29, 0.717) is 12.7 Å². The Morgan fingerprint density at radius 2 is 1.77 bits per heavy atom. The van der Waals surface area contributed by atoms with Gasteiger partial charge in [-0.2, -0.15) is 0 Å². The molecule has 1 aromatic rings. The second-order valence-electron chi connectivity index (χ2n) is 5.45. The molecule has 0 amide bonds. The minimum atomic E-state index is -0.634. The molecule has 4 heteroatoms. The number of rotatable bonds is 10. The molecule has 0 spiro atoms. The third kappa shape index (κ3) is 4.45. The van der Waals surface area contributed by atoms with Gasteiger partial charge in [-0.3, -0.25) is 9.59 Å². The van der Waals surface area contributed by atoms with Crippen LogP contribution in [0.5, 0.6) is 0 Å². The molecule has 0 bridgehead atoms. The minimum Gasteiger partial charge on any atom is -0.303 e. The monoisotopic (exact) mass is 302 g/mol. The van der Waals surface area contributed by atoms with Gasteiger partial charge in [-0.25, -0.2) is 0 Å². The van der Waals surface area contributed by atoms with Gasteiger partial charge >= 0.3 is 0 Å². The van der Waals surface area contributed by atoms with Crippen LogP contribution >= 0.6 is 0 Å². The van der Waals surface area contributed by atoms with Crippen LogP contribution in [0.25, 0.3) is 0 Å². The van der Waals surface area contributed by atoms with Crippen LogP contribution in [0.4, 0.5) is 0 Å². The van der Waals surface area contributed by atoms with Gasteiger partial charge in [-0.1, -0.05) is 50.6 Å². The van der Waals surface area contributed by atoms with Gasteiger partial charge in [-0.15, -0.1) is 0 Å². The maximum atomic E-state index is 12.6. The van der Waals surface area contributed by atoms with Crippen molar-refractivity contribution in [2.75, 3.05) is 0 Å². The molecule has 0 N–H and O–H groups in total. The fourth-order valence-electron chi connectivity index (χ4n) is 2.75. The molecule has 22 heavy (non-hydrogen) atoms. The van der Waals surface area contributed by atoms with Gasteiger partial charge in [0.2, 0.25) is 5.78 Å². The Morgan fingerprint density at radius 1 is 1.14 bits per heavy atom. The van der Waals surface area contributed by atoms with Crippen LogP contribution in [-0.4, -0.2) is 24.1 Å². The third-order valence-electron chi connectivity index (χ3n) is 3.99. The number of benzene rings is 1. The standard InChI is InChI=1S/C18H22O4/c1-3-15(13(2)12-20)17(14-8-5-4-6-9-14)18(22)16(21)10-7-11-19/h4-6,8-9,11-13,15,17H,3,7,10H2,1-2H3. The van der Waals surface area contributed by atoms with Crippen LogP contribution in [0.2, 0.25) is 0 Å². The maximum Gasteiger partial charge on any atom is 0.206 e. The summed E-state index contributed by atoms with van der Waals surface area (Å²) in [5.74, 6) is -2.23. The Bertz CT molecular complexity index is 521. The first-order valence-electron chi connectivity index (χ1n) is 7.57. The smallest absolute Gasteiger partial charge is 0.206 e. The lowest BCUT2D eigenvalue weighted by atomic mass is 9.74. The van der Waals surface area contributed by atoms with Crippen molar-refractivity contribution in [3.05, 3.63) is 35.9 Å². The fourth-order valence-corrected chi connectivity index (χ4v) is 2.75. The normalized spacial score (nSPS) is 14.6. The van der Waals surface area contributed by atoms with Gasteiger partial charge in [0.25, 0.3) is 0 Å². The van der Waals surface area contributed by atoms with E-state index in [9.17, 15) is 19.2 Å². The third-order valence-corrected chi connectivity index (χ3v) is 3.99. The van der Waals surface area contributed by atoms with Gasteiger partial charge in [0.05, 0.1) is 5.92 Å². The molecule has 1 rings (SSSR count). The summed E-state index contributed by atoms with van der Waals surface area (Å²) < 4.78 is 0. The van der Waals surface area contributed by atoms with E-state index in [2.05, 4.69) is 0 Å². The Morgan fingerprint density at radius 3 is 2.27 bits per heavy atom. The van der Waals surface area contributed by atoms with Crippen molar-refractivity contribution < 1.29 is 19.2 Å². The lowest BCUT2D eigenvalue weighted by Crippen LogP contribution is -2.31. The molecule has 3 atom stereocenters. The zero-order valence-corrected chi connectivity index (χ0v) is 13.0. The highest BCUT2D eigenvalue weighted by Crippen LogP contribution is 2.33. The van der Waals surface area contributed by atoms with Crippen LogP contribution in [0.15, 0.2) is 30.3 Å². The highest BCUT2D eigenvalue weighted by atomic mass is 16.2. The van der Waals surface area contributed by atoms with E-state index in [-0.39, 0.29) is 24.7 Å². The van der Waals surface area contributed by atoms with Crippen molar-refractivity contribution in [2.45, 2.75) is 39.0 Å². The zero-order chi connectivity index (χ0) is 16.5. The second kappa shape index (κ2) is 9.03. The van der Waals surface area contributed by atoms with Crippen molar-refractivity contribution in [1.29, 1.82) is 0 Å². The first kappa shape index (κ1) is 18.0. The first-order valence-corrected chi connectivity index (χ1v) is 7.57. The van der Waals surface area contributed by atoms with Crippen molar-refractivity contribution in [3.63, 3.8) is 0 Å². The average Bonchev–Trinajstić information content (AvgIpc) is 2.56. The Labute approximate surface area is 130 Å². The number of carbonyl (C=O) groups is 4. The Balaban J connectivity index is 3.16. The molecule has 118 valence electrons. The predicted octanol–water partition coefficient (Wildman–Crippen LogP) is 2.75. The second-order valence-corrected chi connectivity index (χ2v) is 5.45. The topological polar surface area (TPSA) is 68.3 Å². The summed E-state index contributed by atoms with van der Waals surface area (Å²) in [5, 5.41) is 0. The van der Waals surface area contributed by atoms with E-state index in [4.69, 9.17) is 0 Å². The molecular weight excluding hydrogens is 280 g/mol. The average molecular weight is 302 g/mol. The van der Waals surface area contributed by atoms with Crippen molar-refractivity contribution in [2.24, 2.45) is 11.8 Å². The molecule has 0 heterocycles. The van der Waals surface area contributed by atoms with E-state index >= 15 is 0 Å². The van der Waals surface area contributed by atoms with Crippen molar-refractivity contribution in [1.82, 2.24) is 0 Å². The molecular formula is C18H22O4. The van der Waals surface area contributed by atoms with E-state index in [1.165, 1.54) is 0 Å². The Kier molecular flexibility index (Phi) is 7.37.